The molecule has 0 radical (unpaired) electrons. The van der Waals surface area contributed by atoms with Crippen LogP contribution in [0.1, 0.15) is 23.3 Å². The number of carbonyl (C=O) groups excluding carboxylic acids is 2. The van der Waals surface area contributed by atoms with Gasteiger partial charge in [-0.3, -0.25) is 14.7 Å². The molecule has 154 valence electrons. The second kappa shape index (κ2) is 9.09. The van der Waals surface area contributed by atoms with Crippen molar-refractivity contribution in [2.75, 3.05) is 39.4 Å². The molecule has 0 bridgehead atoms. The molecule has 2 aromatic rings. The average molecular weight is 398 g/mol. The number of rotatable bonds is 5. The van der Waals surface area contributed by atoms with Gasteiger partial charge in [0.05, 0.1) is 13.2 Å². The first-order valence-electron chi connectivity index (χ1n) is 10.1. The van der Waals surface area contributed by atoms with Crippen molar-refractivity contribution < 1.29 is 19.1 Å². The number of carbonyl (C=O) groups is 2. The normalized spacial score (nSPS) is 22.3. The fourth-order valence-corrected chi connectivity index (χ4v) is 3.93. The number of aromatic amines is 1. The third-order valence-electron chi connectivity index (χ3n) is 5.51. The van der Waals surface area contributed by atoms with Gasteiger partial charge in [0.2, 0.25) is 5.91 Å². The highest BCUT2D eigenvalue weighted by Crippen LogP contribution is 2.27. The number of aromatic nitrogens is 2. The highest BCUT2D eigenvalue weighted by atomic mass is 16.5. The number of piperidine rings is 1. The van der Waals surface area contributed by atoms with Crippen LogP contribution in [0.2, 0.25) is 0 Å². The molecule has 29 heavy (non-hydrogen) atoms. The lowest BCUT2D eigenvalue weighted by atomic mass is 9.90. The minimum Gasteiger partial charge on any atom is -0.490 e. The van der Waals surface area contributed by atoms with E-state index in [2.05, 4.69) is 10.2 Å². The molecule has 3 heterocycles. The quantitative estimate of drug-likeness (QED) is 0.826. The van der Waals surface area contributed by atoms with E-state index in [-0.39, 0.29) is 23.8 Å². The number of H-pyrrole nitrogens is 1. The van der Waals surface area contributed by atoms with E-state index in [4.69, 9.17) is 9.47 Å². The van der Waals surface area contributed by atoms with Crippen molar-refractivity contribution in [2.45, 2.75) is 18.9 Å². The predicted octanol–water partition coefficient (Wildman–Crippen LogP) is 1.57. The van der Waals surface area contributed by atoms with Gasteiger partial charge in [-0.25, -0.2) is 0 Å². The van der Waals surface area contributed by atoms with Crippen LogP contribution in [0.4, 0.5) is 0 Å². The summed E-state index contributed by atoms with van der Waals surface area (Å²) < 4.78 is 11.6. The Kier molecular flexibility index (Phi) is 6.09. The molecule has 2 fully saturated rings. The Morgan fingerprint density at radius 1 is 1.10 bits per heavy atom. The molecule has 8 heteroatoms. The number of nitrogens with one attached hydrogen (secondary N) is 1. The first kappa shape index (κ1) is 19.4. The molecule has 0 unspecified atom stereocenters. The Hall–Kier alpha value is -2.87. The molecule has 2 atom stereocenters. The van der Waals surface area contributed by atoms with Gasteiger partial charge in [0.15, 0.2) is 0 Å². The van der Waals surface area contributed by atoms with Crippen LogP contribution in [0.15, 0.2) is 42.6 Å². The lowest BCUT2D eigenvalue weighted by Crippen LogP contribution is -2.50. The van der Waals surface area contributed by atoms with E-state index in [0.717, 1.165) is 5.75 Å². The third kappa shape index (κ3) is 4.76. The maximum Gasteiger partial charge on any atom is 0.271 e. The van der Waals surface area contributed by atoms with Crippen LogP contribution in [0.3, 0.4) is 0 Å². The lowest BCUT2D eigenvalue weighted by Gasteiger charge is -2.39. The van der Waals surface area contributed by atoms with Crippen molar-refractivity contribution in [3.63, 3.8) is 0 Å². The topological polar surface area (TPSA) is 87.8 Å². The number of nitrogens with zero attached hydrogens (tertiary/aromatic N) is 3. The van der Waals surface area contributed by atoms with E-state index in [1.165, 1.54) is 0 Å². The molecule has 1 N–H and O–H groups in total. The van der Waals surface area contributed by atoms with Crippen molar-refractivity contribution in [3.05, 3.63) is 48.3 Å². The molecule has 4 rings (SSSR count). The monoisotopic (exact) mass is 398 g/mol. The highest BCUT2D eigenvalue weighted by Gasteiger charge is 2.36. The number of para-hydroxylation sites is 1. The zero-order chi connectivity index (χ0) is 20.1. The van der Waals surface area contributed by atoms with Crippen molar-refractivity contribution in [1.82, 2.24) is 20.0 Å². The molecule has 1 aromatic heterocycles. The molecule has 2 aliphatic heterocycles. The summed E-state index contributed by atoms with van der Waals surface area (Å²) in [5.74, 6) is 0.709. The van der Waals surface area contributed by atoms with E-state index < -0.39 is 0 Å². The molecule has 2 aliphatic rings. The Morgan fingerprint density at radius 3 is 2.62 bits per heavy atom. The molecule has 2 amide bonds. The predicted molar refractivity (Wildman–Crippen MR) is 105 cm³/mol. The molecule has 8 nitrogen and oxygen atoms in total. The van der Waals surface area contributed by atoms with Gasteiger partial charge in [-0.2, -0.15) is 5.10 Å². The Morgan fingerprint density at radius 2 is 1.90 bits per heavy atom. The fraction of sp³-hybridized carbons (Fsp3) is 0.476. The van der Waals surface area contributed by atoms with E-state index in [1.807, 2.05) is 35.2 Å². The average Bonchev–Trinajstić information content (AvgIpc) is 3.31. The van der Waals surface area contributed by atoms with Crippen LogP contribution in [0.25, 0.3) is 0 Å². The maximum atomic E-state index is 12.9. The van der Waals surface area contributed by atoms with E-state index in [0.29, 0.717) is 57.9 Å². The van der Waals surface area contributed by atoms with Crippen molar-refractivity contribution in [1.29, 1.82) is 0 Å². The van der Waals surface area contributed by atoms with Gasteiger partial charge in [-0.15, -0.1) is 0 Å². The Bertz CT molecular complexity index is 805. The summed E-state index contributed by atoms with van der Waals surface area (Å²) in [6.45, 7) is 3.44. The summed E-state index contributed by atoms with van der Waals surface area (Å²) in [4.78, 5) is 29.3. The molecule has 2 saturated heterocycles. The lowest BCUT2D eigenvalue weighted by molar-refractivity contribution is -0.137. The molecule has 0 aliphatic carbocycles. The van der Waals surface area contributed by atoms with Crippen molar-refractivity contribution in [2.24, 2.45) is 5.92 Å². The largest absolute Gasteiger partial charge is 0.490 e. The number of morpholine rings is 1. The zero-order valence-corrected chi connectivity index (χ0v) is 16.3. The van der Waals surface area contributed by atoms with Gasteiger partial charge in [0.25, 0.3) is 5.91 Å². The third-order valence-corrected chi connectivity index (χ3v) is 5.51. The minimum absolute atomic E-state index is 0.0776. The second-order valence-electron chi connectivity index (χ2n) is 7.44. The molecule has 0 saturated carbocycles. The van der Waals surface area contributed by atoms with Crippen LogP contribution < -0.4 is 4.74 Å². The summed E-state index contributed by atoms with van der Waals surface area (Å²) in [6.07, 6.45) is 2.48. The number of ether oxygens (including phenoxy) is 2. The molecular formula is C21H26N4O4. The summed E-state index contributed by atoms with van der Waals surface area (Å²) in [6, 6.07) is 11.3. The Balaban J connectivity index is 1.46. The van der Waals surface area contributed by atoms with Gasteiger partial charge in [0, 0.05) is 51.1 Å². The van der Waals surface area contributed by atoms with Gasteiger partial charge in [0.1, 0.15) is 17.5 Å². The fourth-order valence-electron chi connectivity index (χ4n) is 3.93. The number of hydrogen-bond acceptors (Lipinski definition) is 5. The Labute approximate surface area is 169 Å². The first-order chi connectivity index (χ1) is 14.2. The zero-order valence-electron chi connectivity index (χ0n) is 16.3. The van der Waals surface area contributed by atoms with Crippen LogP contribution in [0.5, 0.6) is 5.75 Å². The smallest absolute Gasteiger partial charge is 0.271 e. The highest BCUT2D eigenvalue weighted by molar-refractivity contribution is 5.92. The summed E-state index contributed by atoms with van der Waals surface area (Å²) in [5, 5.41) is 6.60. The number of likely N-dealkylation sites (tertiary alicyclic amines) is 1. The summed E-state index contributed by atoms with van der Waals surface area (Å²) in [5.41, 5.74) is 0.464. The maximum absolute atomic E-state index is 12.9. The van der Waals surface area contributed by atoms with Crippen molar-refractivity contribution >= 4 is 11.8 Å². The van der Waals surface area contributed by atoms with Gasteiger partial charge >= 0.3 is 0 Å². The van der Waals surface area contributed by atoms with Gasteiger partial charge in [-0.05, 0) is 18.2 Å². The van der Waals surface area contributed by atoms with Crippen molar-refractivity contribution in [3.8, 4) is 5.75 Å². The van der Waals surface area contributed by atoms with E-state index in [9.17, 15) is 9.59 Å². The summed E-state index contributed by atoms with van der Waals surface area (Å²) in [7, 11) is 0. The van der Waals surface area contributed by atoms with E-state index in [1.54, 1.807) is 17.2 Å². The van der Waals surface area contributed by atoms with Gasteiger partial charge in [-0.1, -0.05) is 18.2 Å². The molecular weight excluding hydrogens is 372 g/mol. The van der Waals surface area contributed by atoms with E-state index >= 15 is 0 Å². The minimum atomic E-state index is -0.117. The molecule has 0 spiro atoms. The SMILES string of the molecule is O=C(C[C@H]1CN(C(=O)c2ccn[nH]2)CC[C@@H]1Oc1ccccc1)N1CCOCC1. The second-order valence-corrected chi connectivity index (χ2v) is 7.44. The number of amides is 2. The van der Waals surface area contributed by atoms with Crippen LogP contribution in [-0.2, 0) is 9.53 Å². The first-order valence-corrected chi connectivity index (χ1v) is 10.1. The van der Waals surface area contributed by atoms with Crippen LogP contribution >= 0.6 is 0 Å². The standard InChI is InChI=1S/C21H26N4O4/c26-20(24-10-12-28-13-11-24)14-16-15-25(21(27)18-6-8-22-23-18)9-7-19(16)29-17-4-2-1-3-5-17/h1-6,8,16,19H,7,9-15H2,(H,22,23)/t16-,19-/m0/s1. The number of hydrogen-bond donors (Lipinski definition) is 1. The van der Waals surface area contributed by atoms with Crippen LogP contribution in [0, 0.1) is 5.92 Å². The van der Waals surface area contributed by atoms with Gasteiger partial charge < -0.3 is 19.3 Å². The number of benzene rings is 1. The summed E-state index contributed by atoms with van der Waals surface area (Å²) >= 11 is 0. The van der Waals surface area contributed by atoms with Crippen LogP contribution in [-0.4, -0.2) is 77.3 Å². The molecule has 1 aromatic carbocycles.